The predicted octanol–water partition coefficient (Wildman–Crippen LogP) is 2.92. The lowest BCUT2D eigenvalue weighted by Crippen LogP contribution is -2.55. The average molecular weight is 528 g/mol. The smallest absolute Gasteiger partial charge is 0.343 e. The lowest BCUT2D eigenvalue weighted by Gasteiger charge is -2.48. The highest BCUT2D eigenvalue weighted by Gasteiger charge is 2.55. The summed E-state index contributed by atoms with van der Waals surface area (Å²) < 4.78 is 40.4. The van der Waals surface area contributed by atoms with E-state index in [1.54, 1.807) is 21.3 Å². The van der Waals surface area contributed by atoms with Crippen LogP contribution in [0, 0.1) is 0 Å². The van der Waals surface area contributed by atoms with Gasteiger partial charge >= 0.3 is 11.9 Å². The van der Waals surface area contributed by atoms with E-state index in [0.717, 1.165) is 27.8 Å². The fraction of sp³-hybridized carbons (Fsp3) is 0.500. The molecule has 0 aromatic heterocycles. The summed E-state index contributed by atoms with van der Waals surface area (Å²) in [6.07, 6.45) is 4.49. The van der Waals surface area contributed by atoms with Gasteiger partial charge in [0.2, 0.25) is 12.5 Å². The molecule has 1 aromatic carbocycles. The number of allylic oxidation sites excluding steroid dienone is 1. The molecule has 0 saturated heterocycles. The molecule has 1 aliphatic carbocycles. The van der Waals surface area contributed by atoms with Crippen LogP contribution in [0.5, 0.6) is 17.2 Å². The molecule has 0 amide bonds. The van der Waals surface area contributed by atoms with Crippen LogP contribution in [-0.2, 0) is 47.1 Å². The molecule has 3 aliphatic heterocycles. The standard InChI is InChI=1S/C28H33NO9/c1-15(30)35-13-19-17-10-11-29(3)28(2,21(17)24(34-6)25-23(19)36-14-37-25)26-18-9-7-8-16(12-32-4)22(33-5)20(18)27(31)38-26/h7,9,26H,8,10-14H2,1-6H3. The number of benzene rings is 1. The van der Waals surface area contributed by atoms with Crippen molar-refractivity contribution in [3.63, 3.8) is 0 Å². The third-order valence-electron chi connectivity index (χ3n) is 7.85. The monoisotopic (exact) mass is 527 g/mol. The van der Waals surface area contributed by atoms with Crippen LogP contribution in [0.15, 0.2) is 34.6 Å². The second-order valence-corrected chi connectivity index (χ2v) is 9.82. The molecule has 2 unspecified atom stereocenters. The Bertz CT molecular complexity index is 1280. The van der Waals surface area contributed by atoms with Crippen molar-refractivity contribution >= 4 is 11.9 Å². The van der Waals surface area contributed by atoms with E-state index in [2.05, 4.69) is 4.90 Å². The average Bonchev–Trinajstić information content (AvgIpc) is 3.45. The molecule has 0 spiro atoms. The Balaban J connectivity index is 1.74. The van der Waals surface area contributed by atoms with E-state index in [4.69, 9.17) is 33.2 Å². The van der Waals surface area contributed by atoms with Gasteiger partial charge in [0.15, 0.2) is 17.6 Å². The topological polar surface area (TPSA) is 102 Å². The molecule has 0 radical (unpaired) electrons. The van der Waals surface area contributed by atoms with E-state index >= 15 is 0 Å². The normalized spacial score (nSPS) is 24.2. The Morgan fingerprint density at radius 1 is 1.16 bits per heavy atom. The number of esters is 2. The quantitative estimate of drug-likeness (QED) is 0.492. The number of fused-ring (bicyclic) bond motifs is 2. The van der Waals surface area contributed by atoms with Crippen LogP contribution in [-0.4, -0.2) is 71.3 Å². The summed E-state index contributed by atoms with van der Waals surface area (Å²) in [6, 6.07) is 0. The highest BCUT2D eigenvalue weighted by Crippen LogP contribution is 2.56. The number of rotatable bonds is 7. The summed E-state index contributed by atoms with van der Waals surface area (Å²) in [7, 11) is 6.74. The zero-order valence-electron chi connectivity index (χ0n) is 22.6. The van der Waals surface area contributed by atoms with Crippen LogP contribution in [0.1, 0.15) is 37.0 Å². The summed E-state index contributed by atoms with van der Waals surface area (Å²) in [5.74, 6) is 1.11. The van der Waals surface area contributed by atoms with Crippen LogP contribution in [0.25, 0.3) is 0 Å². The Kier molecular flexibility index (Phi) is 6.87. The Labute approximate surface area is 221 Å². The zero-order chi connectivity index (χ0) is 27.2. The third kappa shape index (κ3) is 3.85. The van der Waals surface area contributed by atoms with E-state index in [-0.39, 0.29) is 13.4 Å². The molecule has 10 nitrogen and oxygen atoms in total. The first-order valence-electron chi connectivity index (χ1n) is 12.5. The molecule has 0 bridgehead atoms. The molecule has 4 aliphatic rings. The minimum absolute atomic E-state index is 0.0228. The number of carbonyl (C=O) groups is 2. The Hall–Kier alpha value is -3.50. The molecule has 38 heavy (non-hydrogen) atoms. The van der Waals surface area contributed by atoms with Gasteiger partial charge in [-0.25, -0.2) is 4.79 Å². The summed E-state index contributed by atoms with van der Waals surface area (Å²) in [6.45, 7) is 4.44. The van der Waals surface area contributed by atoms with E-state index < -0.39 is 23.6 Å². The largest absolute Gasteiger partial charge is 0.496 e. The molecule has 204 valence electrons. The van der Waals surface area contributed by atoms with Gasteiger partial charge in [-0.05, 0) is 32.4 Å². The van der Waals surface area contributed by atoms with Crippen molar-refractivity contribution in [2.45, 2.75) is 44.9 Å². The lowest BCUT2D eigenvalue weighted by atomic mass is 9.73. The van der Waals surface area contributed by atoms with Crippen LogP contribution >= 0.6 is 0 Å². The SMILES string of the molecule is COCC1=C(OC)C2=C(C=CC1)C(C1(C)c3c(c(COC(C)=O)c4c(c3OC)OCO4)CCN1C)OC2=O. The highest BCUT2D eigenvalue weighted by atomic mass is 16.7. The van der Waals surface area contributed by atoms with Crippen molar-refractivity contribution < 1.29 is 42.7 Å². The first kappa shape index (κ1) is 26.1. The van der Waals surface area contributed by atoms with E-state index in [1.807, 2.05) is 26.1 Å². The van der Waals surface area contributed by atoms with Gasteiger partial charge in [0.1, 0.15) is 17.9 Å². The van der Waals surface area contributed by atoms with E-state index in [1.165, 1.54) is 6.92 Å². The van der Waals surface area contributed by atoms with Crippen molar-refractivity contribution in [1.29, 1.82) is 0 Å². The summed E-state index contributed by atoms with van der Waals surface area (Å²) in [4.78, 5) is 27.4. The number of carbonyl (C=O) groups excluding carboxylic acids is 2. The molecule has 1 aromatic rings. The minimum Gasteiger partial charge on any atom is -0.496 e. The summed E-state index contributed by atoms with van der Waals surface area (Å²) in [5, 5.41) is 0. The number of hydrogen-bond donors (Lipinski definition) is 0. The minimum atomic E-state index is -0.868. The van der Waals surface area contributed by atoms with Crippen molar-refractivity contribution in [3.8, 4) is 17.2 Å². The van der Waals surface area contributed by atoms with Gasteiger partial charge in [-0.2, -0.15) is 0 Å². The number of cyclic esters (lactones) is 1. The third-order valence-corrected chi connectivity index (χ3v) is 7.85. The van der Waals surface area contributed by atoms with Crippen molar-refractivity contribution in [1.82, 2.24) is 4.90 Å². The van der Waals surface area contributed by atoms with Gasteiger partial charge in [-0.3, -0.25) is 9.69 Å². The molecule has 10 heteroatoms. The zero-order valence-corrected chi connectivity index (χ0v) is 22.6. The van der Waals surface area contributed by atoms with Crippen LogP contribution in [0.3, 0.4) is 0 Å². The molecule has 0 N–H and O–H groups in total. The Morgan fingerprint density at radius 2 is 1.92 bits per heavy atom. The van der Waals surface area contributed by atoms with Crippen molar-refractivity contribution in [2.75, 3.05) is 48.3 Å². The second kappa shape index (κ2) is 9.99. The second-order valence-electron chi connectivity index (χ2n) is 9.82. The summed E-state index contributed by atoms with van der Waals surface area (Å²) >= 11 is 0. The highest BCUT2D eigenvalue weighted by molar-refractivity contribution is 5.98. The van der Waals surface area contributed by atoms with E-state index in [0.29, 0.717) is 54.6 Å². The summed E-state index contributed by atoms with van der Waals surface area (Å²) in [5.41, 5.74) is 3.59. The maximum absolute atomic E-state index is 13.5. The van der Waals surface area contributed by atoms with Crippen LogP contribution in [0.4, 0.5) is 0 Å². The molecule has 0 fully saturated rings. The maximum atomic E-state index is 13.5. The van der Waals surface area contributed by atoms with Gasteiger partial charge in [0.05, 0.1) is 26.4 Å². The van der Waals surface area contributed by atoms with Gasteiger partial charge in [-0.1, -0.05) is 12.2 Å². The van der Waals surface area contributed by atoms with Crippen molar-refractivity contribution in [3.05, 3.63) is 51.3 Å². The van der Waals surface area contributed by atoms with Crippen molar-refractivity contribution in [2.24, 2.45) is 0 Å². The number of ether oxygens (including phenoxy) is 7. The van der Waals surface area contributed by atoms with Gasteiger partial charge in [0.25, 0.3) is 0 Å². The van der Waals surface area contributed by atoms with Gasteiger partial charge in [0, 0.05) is 42.9 Å². The molecule has 0 saturated carbocycles. The number of likely N-dealkylation sites (N-methyl/N-ethyl adjacent to an activating group) is 1. The van der Waals surface area contributed by atoms with E-state index in [9.17, 15) is 9.59 Å². The van der Waals surface area contributed by atoms with Gasteiger partial charge in [-0.15, -0.1) is 0 Å². The molecule has 5 rings (SSSR count). The molecule has 3 heterocycles. The first-order chi connectivity index (χ1) is 18.3. The number of methoxy groups -OCH3 is 3. The van der Waals surface area contributed by atoms with Crippen LogP contribution < -0.4 is 14.2 Å². The fourth-order valence-corrected chi connectivity index (χ4v) is 6.01. The molecule has 2 atom stereocenters. The fourth-order valence-electron chi connectivity index (χ4n) is 6.01. The predicted molar refractivity (Wildman–Crippen MR) is 135 cm³/mol. The molecular formula is C28H33NO9. The number of nitrogens with zero attached hydrogens (tertiary/aromatic N) is 1. The Morgan fingerprint density at radius 3 is 2.61 bits per heavy atom. The van der Waals surface area contributed by atoms with Crippen LogP contribution in [0.2, 0.25) is 0 Å². The molecular weight excluding hydrogens is 494 g/mol. The lowest BCUT2D eigenvalue weighted by molar-refractivity contribution is -0.146. The maximum Gasteiger partial charge on any atom is 0.343 e. The number of hydrogen-bond acceptors (Lipinski definition) is 10. The van der Waals surface area contributed by atoms with Gasteiger partial charge < -0.3 is 33.2 Å². The first-order valence-corrected chi connectivity index (χ1v) is 12.5.